The Kier molecular flexibility index (Phi) is 5.43. The highest BCUT2D eigenvalue weighted by Gasteiger charge is 2.37. The zero-order valence-electron chi connectivity index (χ0n) is 16.5. The van der Waals surface area contributed by atoms with Gasteiger partial charge in [-0.05, 0) is 73.5 Å². The summed E-state index contributed by atoms with van der Waals surface area (Å²) in [4.78, 5) is 38.7. The second-order valence-corrected chi connectivity index (χ2v) is 7.97. The van der Waals surface area contributed by atoms with E-state index in [0.717, 1.165) is 16.0 Å². The Morgan fingerprint density at radius 2 is 1.65 bits per heavy atom. The lowest BCUT2D eigenvalue weighted by Gasteiger charge is -2.26. The van der Waals surface area contributed by atoms with Gasteiger partial charge in [0.15, 0.2) is 0 Å². The number of urea groups is 1. The summed E-state index contributed by atoms with van der Waals surface area (Å²) in [5, 5.41) is 3.09. The Balaban J connectivity index is 1.70. The minimum atomic E-state index is -0.801. The number of amides is 4. The monoisotopic (exact) mass is 454 g/mol. The number of benzene rings is 2. The van der Waals surface area contributed by atoms with E-state index < -0.39 is 17.8 Å². The number of barbiturate groups is 1. The van der Waals surface area contributed by atoms with Gasteiger partial charge in [0.2, 0.25) is 0 Å². The van der Waals surface area contributed by atoms with Gasteiger partial charge in [0, 0.05) is 10.6 Å². The zero-order valence-corrected chi connectivity index (χ0v) is 18.0. The molecule has 4 rings (SSSR count). The van der Waals surface area contributed by atoms with E-state index in [4.69, 9.17) is 27.6 Å². The molecule has 1 aliphatic rings. The van der Waals surface area contributed by atoms with Crippen LogP contribution in [0.3, 0.4) is 0 Å². The number of carbonyl (C=O) groups is 3. The molecule has 1 aromatic heterocycles. The molecule has 1 fully saturated rings. The van der Waals surface area contributed by atoms with Crippen molar-refractivity contribution in [2.24, 2.45) is 0 Å². The zero-order chi connectivity index (χ0) is 22.3. The molecule has 0 saturated carbocycles. The van der Waals surface area contributed by atoms with Crippen molar-refractivity contribution in [1.29, 1.82) is 0 Å². The highest BCUT2D eigenvalue weighted by Crippen LogP contribution is 2.32. The first-order valence-corrected chi connectivity index (χ1v) is 10.0. The first-order chi connectivity index (χ1) is 14.7. The highest BCUT2D eigenvalue weighted by atomic mass is 35.5. The minimum Gasteiger partial charge on any atom is -0.457 e. The lowest BCUT2D eigenvalue weighted by Crippen LogP contribution is -2.54. The number of hydrogen-bond acceptors (Lipinski definition) is 4. The number of anilines is 1. The van der Waals surface area contributed by atoms with Crippen LogP contribution >= 0.6 is 23.2 Å². The van der Waals surface area contributed by atoms with E-state index in [1.165, 1.54) is 6.08 Å². The van der Waals surface area contributed by atoms with Gasteiger partial charge >= 0.3 is 6.03 Å². The molecule has 6 nitrogen and oxygen atoms in total. The summed E-state index contributed by atoms with van der Waals surface area (Å²) in [7, 11) is 0. The summed E-state index contributed by atoms with van der Waals surface area (Å²) in [5.74, 6) is -0.826. The van der Waals surface area contributed by atoms with Gasteiger partial charge in [0.25, 0.3) is 11.8 Å². The van der Waals surface area contributed by atoms with Crippen LogP contribution in [0.4, 0.5) is 10.5 Å². The first-order valence-electron chi connectivity index (χ1n) is 9.28. The Morgan fingerprint density at radius 1 is 0.935 bits per heavy atom. The molecule has 3 aromatic rings. The Bertz CT molecular complexity index is 1260. The van der Waals surface area contributed by atoms with E-state index in [0.29, 0.717) is 27.1 Å². The van der Waals surface area contributed by atoms with Gasteiger partial charge in [0.05, 0.1) is 10.7 Å². The number of furan rings is 1. The van der Waals surface area contributed by atoms with Gasteiger partial charge in [-0.1, -0.05) is 29.3 Å². The van der Waals surface area contributed by atoms with Gasteiger partial charge in [-0.25, -0.2) is 9.69 Å². The molecule has 4 amide bonds. The fourth-order valence-corrected chi connectivity index (χ4v) is 3.88. The molecule has 1 N–H and O–H groups in total. The second kappa shape index (κ2) is 8.06. The molecular weight excluding hydrogens is 439 g/mol. The third-order valence-corrected chi connectivity index (χ3v) is 5.22. The topological polar surface area (TPSA) is 79.6 Å². The normalized spacial score (nSPS) is 15.5. The summed E-state index contributed by atoms with van der Waals surface area (Å²) in [6.45, 7) is 3.72. The van der Waals surface area contributed by atoms with Gasteiger partial charge in [-0.15, -0.1) is 0 Å². The first kappa shape index (κ1) is 20.9. The molecule has 0 unspecified atom stereocenters. The molecule has 0 bridgehead atoms. The van der Waals surface area contributed by atoms with Crippen molar-refractivity contribution in [3.8, 4) is 11.3 Å². The van der Waals surface area contributed by atoms with Crippen molar-refractivity contribution in [3.63, 3.8) is 0 Å². The van der Waals surface area contributed by atoms with Crippen LogP contribution in [0.25, 0.3) is 17.4 Å². The van der Waals surface area contributed by atoms with Crippen molar-refractivity contribution in [3.05, 3.63) is 81.0 Å². The van der Waals surface area contributed by atoms with Crippen LogP contribution in [-0.4, -0.2) is 17.8 Å². The van der Waals surface area contributed by atoms with Crippen LogP contribution in [-0.2, 0) is 9.59 Å². The maximum absolute atomic E-state index is 13.0. The van der Waals surface area contributed by atoms with Crippen molar-refractivity contribution in [2.75, 3.05) is 4.90 Å². The Labute approximate surface area is 188 Å². The van der Waals surface area contributed by atoms with E-state index in [1.807, 2.05) is 19.9 Å². The lowest BCUT2D eigenvalue weighted by molar-refractivity contribution is -0.122. The number of aryl methyl sites for hydroxylation is 2. The number of imide groups is 2. The fraction of sp³-hybridized carbons (Fsp3) is 0.0870. The average molecular weight is 455 g/mol. The van der Waals surface area contributed by atoms with Crippen LogP contribution in [0.5, 0.6) is 0 Å². The molecule has 2 heterocycles. The highest BCUT2D eigenvalue weighted by molar-refractivity contribution is 6.39. The summed E-state index contributed by atoms with van der Waals surface area (Å²) in [6, 6.07) is 12.8. The summed E-state index contributed by atoms with van der Waals surface area (Å²) in [6.07, 6.45) is 1.30. The SMILES string of the molecule is Cc1cc(C)cc(N2C(=O)NC(=O)/C(=C/c3ccc(-c4ccc(Cl)cc4Cl)o3)C2=O)c1. The molecule has 0 aliphatic carbocycles. The molecule has 0 radical (unpaired) electrons. The minimum absolute atomic E-state index is 0.220. The number of nitrogens with one attached hydrogen (secondary N) is 1. The van der Waals surface area contributed by atoms with Crippen molar-refractivity contribution in [1.82, 2.24) is 5.32 Å². The molecule has 0 spiro atoms. The van der Waals surface area contributed by atoms with Crippen LogP contribution in [0.2, 0.25) is 10.0 Å². The number of nitrogens with zero attached hydrogens (tertiary/aromatic N) is 1. The maximum atomic E-state index is 13.0. The van der Waals surface area contributed by atoms with E-state index in [1.54, 1.807) is 42.5 Å². The maximum Gasteiger partial charge on any atom is 0.335 e. The van der Waals surface area contributed by atoms with Gasteiger partial charge < -0.3 is 4.42 Å². The van der Waals surface area contributed by atoms with E-state index in [9.17, 15) is 14.4 Å². The van der Waals surface area contributed by atoms with Crippen LogP contribution in [0.15, 0.2) is 58.5 Å². The number of rotatable bonds is 3. The lowest BCUT2D eigenvalue weighted by atomic mass is 10.1. The van der Waals surface area contributed by atoms with Crippen molar-refractivity contribution >= 4 is 52.8 Å². The van der Waals surface area contributed by atoms with E-state index in [-0.39, 0.29) is 11.3 Å². The van der Waals surface area contributed by atoms with Gasteiger partial charge in [0.1, 0.15) is 17.1 Å². The number of carbonyl (C=O) groups excluding carboxylic acids is 3. The average Bonchev–Trinajstić information content (AvgIpc) is 3.12. The van der Waals surface area contributed by atoms with Crippen molar-refractivity contribution < 1.29 is 18.8 Å². The van der Waals surface area contributed by atoms with Gasteiger partial charge in [-0.2, -0.15) is 0 Å². The number of halogens is 2. The third-order valence-electron chi connectivity index (χ3n) is 4.68. The van der Waals surface area contributed by atoms with E-state index >= 15 is 0 Å². The third kappa shape index (κ3) is 4.13. The Morgan fingerprint density at radius 3 is 2.32 bits per heavy atom. The quantitative estimate of drug-likeness (QED) is 0.416. The van der Waals surface area contributed by atoms with E-state index in [2.05, 4.69) is 5.32 Å². The smallest absolute Gasteiger partial charge is 0.335 e. The predicted octanol–water partition coefficient (Wildman–Crippen LogP) is 5.54. The number of hydrogen-bond donors (Lipinski definition) is 1. The summed E-state index contributed by atoms with van der Waals surface area (Å²) >= 11 is 12.1. The molecule has 2 aromatic carbocycles. The molecular formula is C23H16Cl2N2O4. The Hall–Kier alpha value is -3.35. The largest absolute Gasteiger partial charge is 0.457 e. The van der Waals surface area contributed by atoms with Crippen molar-refractivity contribution in [2.45, 2.75) is 13.8 Å². The molecule has 31 heavy (non-hydrogen) atoms. The second-order valence-electron chi connectivity index (χ2n) is 7.13. The molecule has 0 atom stereocenters. The predicted molar refractivity (Wildman–Crippen MR) is 119 cm³/mol. The van der Waals surface area contributed by atoms with Gasteiger partial charge in [-0.3, -0.25) is 14.9 Å². The molecule has 1 aliphatic heterocycles. The fourth-order valence-electron chi connectivity index (χ4n) is 3.38. The van der Waals surface area contributed by atoms with Crippen LogP contribution in [0, 0.1) is 13.8 Å². The molecule has 1 saturated heterocycles. The molecule has 156 valence electrons. The van der Waals surface area contributed by atoms with Crippen LogP contribution < -0.4 is 10.2 Å². The standard InChI is InChI=1S/C23H16Cl2N2O4/c1-12-7-13(2)9-15(8-12)27-22(29)18(21(28)26-23(27)30)11-16-4-6-20(31-16)17-5-3-14(24)10-19(17)25/h3-11H,1-2H3,(H,26,28,30)/b18-11-. The molecule has 8 heteroatoms. The summed E-state index contributed by atoms with van der Waals surface area (Å²) in [5.41, 5.74) is 2.54. The summed E-state index contributed by atoms with van der Waals surface area (Å²) < 4.78 is 5.76. The van der Waals surface area contributed by atoms with Crippen LogP contribution in [0.1, 0.15) is 16.9 Å².